The van der Waals surface area contributed by atoms with Crippen LogP contribution in [0.5, 0.6) is 0 Å². The summed E-state index contributed by atoms with van der Waals surface area (Å²) in [6.07, 6.45) is 2.99. The lowest BCUT2D eigenvalue weighted by Gasteiger charge is -2.33. The number of anilines is 3. The van der Waals surface area contributed by atoms with Gasteiger partial charge in [0.1, 0.15) is 12.0 Å². The number of carbonyl (C=O) groups is 1. The monoisotopic (exact) mass is 381 g/mol. The van der Waals surface area contributed by atoms with Crippen molar-refractivity contribution in [2.75, 3.05) is 75.8 Å². The summed E-state index contributed by atoms with van der Waals surface area (Å²) in [4.78, 5) is 24.9. The van der Waals surface area contributed by atoms with E-state index in [1.54, 1.807) is 14.2 Å². The first-order valence-corrected chi connectivity index (χ1v) is 9.37. The molecule has 2 heterocycles. The molecule has 0 aliphatic carbocycles. The van der Waals surface area contributed by atoms with Gasteiger partial charge in [-0.25, -0.2) is 9.97 Å². The van der Waals surface area contributed by atoms with E-state index in [9.17, 15) is 4.79 Å². The van der Waals surface area contributed by atoms with E-state index in [-0.39, 0.29) is 11.9 Å². The number of carbonyl (C=O) groups excluding carboxylic acids is 1. The van der Waals surface area contributed by atoms with Gasteiger partial charge in [0.25, 0.3) is 0 Å². The normalized spacial score (nSPS) is 15.0. The van der Waals surface area contributed by atoms with E-state index in [2.05, 4.69) is 14.9 Å². The van der Waals surface area contributed by atoms with Gasteiger partial charge in [-0.2, -0.15) is 0 Å². The van der Waals surface area contributed by atoms with Crippen LogP contribution in [0.2, 0.25) is 0 Å². The Morgan fingerprint density at radius 1 is 1.22 bits per heavy atom. The molecular formula is C18H31N5O4. The van der Waals surface area contributed by atoms with Crippen molar-refractivity contribution in [1.29, 1.82) is 0 Å². The highest BCUT2D eigenvalue weighted by Crippen LogP contribution is 2.31. The van der Waals surface area contributed by atoms with Crippen molar-refractivity contribution < 1.29 is 19.0 Å². The number of rotatable bonds is 10. The maximum atomic E-state index is 11.9. The van der Waals surface area contributed by atoms with Crippen LogP contribution in [0.4, 0.5) is 17.3 Å². The number of methoxy groups -OCH3 is 2. The van der Waals surface area contributed by atoms with Crippen molar-refractivity contribution in [3.05, 3.63) is 6.33 Å². The van der Waals surface area contributed by atoms with Gasteiger partial charge in [0.2, 0.25) is 0 Å². The number of nitrogen functional groups attached to an aromatic ring is 1. The van der Waals surface area contributed by atoms with Crippen LogP contribution in [0.3, 0.4) is 0 Å². The second kappa shape index (κ2) is 10.9. The Bertz CT molecular complexity index is 585. The summed E-state index contributed by atoms with van der Waals surface area (Å²) in [6, 6.07) is 0. The number of piperidine rings is 1. The van der Waals surface area contributed by atoms with Crippen LogP contribution >= 0.6 is 0 Å². The van der Waals surface area contributed by atoms with E-state index >= 15 is 0 Å². The molecule has 0 amide bonds. The molecule has 152 valence electrons. The number of ether oxygens (including phenoxy) is 3. The molecule has 2 rings (SSSR count). The Morgan fingerprint density at radius 3 is 2.41 bits per heavy atom. The molecule has 1 fully saturated rings. The zero-order chi connectivity index (χ0) is 19.6. The maximum absolute atomic E-state index is 11.9. The van der Waals surface area contributed by atoms with Gasteiger partial charge in [-0.3, -0.25) is 4.79 Å². The Hall–Kier alpha value is -2.13. The highest BCUT2D eigenvalue weighted by Gasteiger charge is 2.28. The van der Waals surface area contributed by atoms with Crippen LogP contribution in [-0.4, -0.2) is 76.2 Å². The third-order valence-electron chi connectivity index (χ3n) is 4.69. The first-order valence-electron chi connectivity index (χ1n) is 9.37. The van der Waals surface area contributed by atoms with Gasteiger partial charge in [-0.05, 0) is 19.8 Å². The van der Waals surface area contributed by atoms with Crippen molar-refractivity contribution in [3.8, 4) is 0 Å². The first-order chi connectivity index (χ1) is 13.1. The molecule has 27 heavy (non-hydrogen) atoms. The molecule has 0 unspecified atom stereocenters. The lowest BCUT2D eigenvalue weighted by molar-refractivity contribution is -0.148. The molecule has 0 saturated carbocycles. The van der Waals surface area contributed by atoms with Gasteiger partial charge in [0.15, 0.2) is 11.6 Å². The van der Waals surface area contributed by atoms with Crippen molar-refractivity contribution in [3.63, 3.8) is 0 Å². The molecule has 1 aliphatic heterocycles. The fraction of sp³-hybridized carbons (Fsp3) is 0.722. The molecule has 0 radical (unpaired) electrons. The van der Waals surface area contributed by atoms with Crippen molar-refractivity contribution in [2.45, 2.75) is 19.8 Å². The zero-order valence-corrected chi connectivity index (χ0v) is 16.5. The van der Waals surface area contributed by atoms with E-state index in [1.807, 2.05) is 11.8 Å². The van der Waals surface area contributed by atoms with Crippen molar-refractivity contribution in [2.24, 2.45) is 5.92 Å². The molecule has 0 spiro atoms. The minimum Gasteiger partial charge on any atom is -0.466 e. The third kappa shape index (κ3) is 5.67. The standard InChI is InChI=1S/C18H31N5O4/c1-4-27-18(24)14-5-7-22(8-6-14)16-15(19)17(21-13-20-16)23(9-11-25-2)10-12-26-3/h13-14H,4-12,19H2,1-3H3. The van der Waals surface area contributed by atoms with Crippen LogP contribution in [0.1, 0.15) is 19.8 Å². The van der Waals surface area contributed by atoms with Gasteiger partial charge in [-0.15, -0.1) is 0 Å². The molecular weight excluding hydrogens is 350 g/mol. The fourth-order valence-corrected chi connectivity index (χ4v) is 3.19. The molecule has 1 aliphatic rings. The summed E-state index contributed by atoms with van der Waals surface area (Å²) in [6.45, 7) is 6.10. The Kier molecular flexibility index (Phi) is 8.53. The summed E-state index contributed by atoms with van der Waals surface area (Å²) >= 11 is 0. The number of esters is 1. The van der Waals surface area contributed by atoms with Crippen LogP contribution in [0, 0.1) is 5.92 Å². The summed E-state index contributed by atoms with van der Waals surface area (Å²) in [5, 5.41) is 0. The van der Waals surface area contributed by atoms with Gasteiger partial charge in [0, 0.05) is 40.4 Å². The zero-order valence-electron chi connectivity index (χ0n) is 16.5. The Morgan fingerprint density at radius 2 is 1.85 bits per heavy atom. The molecule has 1 aromatic heterocycles. The SMILES string of the molecule is CCOC(=O)C1CCN(c2ncnc(N(CCOC)CCOC)c2N)CC1. The van der Waals surface area contributed by atoms with E-state index in [4.69, 9.17) is 19.9 Å². The van der Waals surface area contributed by atoms with Gasteiger partial charge >= 0.3 is 5.97 Å². The molecule has 0 bridgehead atoms. The topological polar surface area (TPSA) is 103 Å². The number of hydrogen-bond donors (Lipinski definition) is 1. The predicted molar refractivity (Wildman–Crippen MR) is 104 cm³/mol. The smallest absolute Gasteiger partial charge is 0.309 e. The molecule has 1 saturated heterocycles. The average molecular weight is 381 g/mol. The van der Waals surface area contributed by atoms with Gasteiger partial charge in [0.05, 0.1) is 25.7 Å². The molecule has 0 atom stereocenters. The number of nitrogens with zero attached hydrogens (tertiary/aromatic N) is 4. The van der Waals surface area contributed by atoms with E-state index in [0.29, 0.717) is 63.3 Å². The second-order valence-corrected chi connectivity index (χ2v) is 6.42. The lowest BCUT2D eigenvalue weighted by Crippen LogP contribution is -2.38. The minimum absolute atomic E-state index is 0.0522. The third-order valence-corrected chi connectivity index (χ3v) is 4.69. The van der Waals surface area contributed by atoms with E-state index in [0.717, 1.165) is 12.8 Å². The molecule has 0 aromatic carbocycles. The van der Waals surface area contributed by atoms with Crippen LogP contribution < -0.4 is 15.5 Å². The highest BCUT2D eigenvalue weighted by molar-refractivity contribution is 5.77. The lowest BCUT2D eigenvalue weighted by atomic mass is 9.97. The highest BCUT2D eigenvalue weighted by atomic mass is 16.5. The maximum Gasteiger partial charge on any atom is 0.309 e. The van der Waals surface area contributed by atoms with Gasteiger partial charge < -0.3 is 29.7 Å². The molecule has 9 heteroatoms. The summed E-state index contributed by atoms with van der Waals surface area (Å²) in [7, 11) is 3.33. The van der Waals surface area contributed by atoms with Crippen LogP contribution in [-0.2, 0) is 19.0 Å². The first kappa shape index (κ1) is 21.2. The van der Waals surface area contributed by atoms with E-state index in [1.165, 1.54) is 6.33 Å². The summed E-state index contributed by atoms with van der Waals surface area (Å²) < 4.78 is 15.5. The Labute approximate surface area is 160 Å². The molecule has 1 aromatic rings. The average Bonchev–Trinajstić information content (AvgIpc) is 2.69. The largest absolute Gasteiger partial charge is 0.466 e. The fourth-order valence-electron chi connectivity index (χ4n) is 3.19. The van der Waals surface area contributed by atoms with Crippen molar-refractivity contribution in [1.82, 2.24) is 9.97 Å². The number of nitrogens with two attached hydrogens (primary N) is 1. The van der Waals surface area contributed by atoms with Crippen molar-refractivity contribution >= 4 is 23.3 Å². The second-order valence-electron chi connectivity index (χ2n) is 6.42. The van der Waals surface area contributed by atoms with Crippen LogP contribution in [0.25, 0.3) is 0 Å². The Balaban J connectivity index is 2.10. The number of aromatic nitrogens is 2. The number of hydrogen-bond acceptors (Lipinski definition) is 9. The van der Waals surface area contributed by atoms with Gasteiger partial charge in [-0.1, -0.05) is 0 Å². The van der Waals surface area contributed by atoms with Crippen LogP contribution in [0.15, 0.2) is 6.33 Å². The quantitative estimate of drug-likeness (QED) is 0.593. The summed E-state index contributed by atoms with van der Waals surface area (Å²) in [5.74, 6) is 1.23. The molecule has 9 nitrogen and oxygen atoms in total. The molecule has 2 N–H and O–H groups in total. The van der Waals surface area contributed by atoms with E-state index < -0.39 is 0 Å². The predicted octanol–water partition coefficient (Wildman–Crippen LogP) is 0.938. The summed E-state index contributed by atoms with van der Waals surface area (Å²) in [5.41, 5.74) is 6.96. The minimum atomic E-state index is -0.112.